The molecular formula is C19H31NO. The Kier molecular flexibility index (Phi) is 8.80. The summed E-state index contributed by atoms with van der Waals surface area (Å²) in [5, 5.41) is 0. The van der Waals surface area contributed by atoms with Gasteiger partial charge in [-0.05, 0) is 31.2 Å². The Morgan fingerprint density at radius 2 is 1.86 bits per heavy atom. The topological polar surface area (TPSA) is 20.3 Å². The van der Waals surface area contributed by atoms with Gasteiger partial charge in [0.2, 0.25) is 5.91 Å². The lowest BCUT2D eigenvalue weighted by Crippen LogP contribution is -2.35. The zero-order valence-electron chi connectivity index (χ0n) is 14.0. The van der Waals surface area contributed by atoms with Crippen molar-refractivity contribution in [3.8, 4) is 0 Å². The molecule has 0 heterocycles. The number of amides is 1. The van der Waals surface area contributed by atoms with Crippen molar-refractivity contribution in [3.05, 3.63) is 35.9 Å². The van der Waals surface area contributed by atoms with Gasteiger partial charge in [-0.1, -0.05) is 63.4 Å². The second kappa shape index (κ2) is 10.4. The lowest BCUT2D eigenvalue weighted by atomic mass is 9.98. The molecule has 1 aromatic rings. The van der Waals surface area contributed by atoms with Crippen LogP contribution in [0.5, 0.6) is 0 Å². The Balaban J connectivity index is 2.44. The first-order valence-corrected chi connectivity index (χ1v) is 8.52. The number of hydrogen-bond acceptors (Lipinski definition) is 1. The second-order valence-corrected chi connectivity index (χ2v) is 5.83. The molecule has 0 aliphatic rings. The third-order valence-electron chi connectivity index (χ3n) is 4.23. The molecule has 1 rings (SSSR count). The minimum absolute atomic E-state index is 0.302. The molecule has 0 radical (unpaired) electrons. The van der Waals surface area contributed by atoms with Crippen molar-refractivity contribution in [2.24, 2.45) is 5.92 Å². The number of carbonyl (C=O) groups is 1. The Hall–Kier alpha value is -1.31. The van der Waals surface area contributed by atoms with Crippen molar-refractivity contribution in [2.75, 3.05) is 13.1 Å². The van der Waals surface area contributed by atoms with Gasteiger partial charge in [0.15, 0.2) is 0 Å². The average molecular weight is 289 g/mol. The van der Waals surface area contributed by atoms with Crippen LogP contribution in [0, 0.1) is 5.92 Å². The van der Waals surface area contributed by atoms with E-state index in [1.165, 1.54) is 31.2 Å². The summed E-state index contributed by atoms with van der Waals surface area (Å²) in [5.74, 6) is 0.960. The fourth-order valence-electron chi connectivity index (χ4n) is 2.69. The van der Waals surface area contributed by atoms with Gasteiger partial charge in [-0.15, -0.1) is 0 Å². The molecule has 21 heavy (non-hydrogen) atoms. The molecular weight excluding hydrogens is 258 g/mol. The molecule has 0 aliphatic heterocycles. The van der Waals surface area contributed by atoms with Crippen LogP contribution in [0.4, 0.5) is 0 Å². The summed E-state index contributed by atoms with van der Waals surface area (Å²) in [6.45, 7) is 8.32. The zero-order valence-corrected chi connectivity index (χ0v) is 14.0. The summed E-state index contributed by atoms with van der Waals surface area (Å²) in [7, 11) is 0. The van der Waals surface area contributed by atoms with E-state index in [9.17, 15) is 4.79 Å². The number of nitrogens with zero attached hydrogens (tertiary/aromatic N) is 1. The number of rotatable bonds is 10. The minimum Gasteiger partial charge on any atom is -0.343 e. The van der Waals surface area contributed by atoms with Gasteiger partial charge in [0.25, 0.3) is 0 Å². The molecule has 0 aliphatic carbocycles. The first-order chi connectivity index (χ1) is 10.2. The standard InChI is InChI=1S/C19H31NO/c1-4-7-11-17(5-2)16-20(6-3)19(21)15-14-18-12-9-8-10-13-18/h8-10,12-13,17H,4-7,11,14-16H2,1-3H3. The molecule has 0 saturated carbocycles. The van der Waals surface area contributed by atoms with E-state index in [0.29, 0.717) is 18.2 Å². The van der Waals surface area contributed by atoms with Crippen LogP contribution in [0.3, 0.4) is 0 Å². The highest BCUT2D eigenvalue weighted by Gasteiger charge is 2.16. The Morgan fingerprint density at radius 3 is 2.43 bits per heavy atom. The van der Waals surface area contributed by atoms with E-state index in [1.54, 1.807) is 0 Å². The highest BCUT2D eigenvalue weighted by atomic mass is 16.2. The second-order valence-electron chi connectivity index (χ2n) is 5.83. The Bertz CT molecular complexity index is 388. The van der Waals surface area contributed by atoms with Crippen LogP contribution in [0.1, 0.15) is 58.4 Å². The average Bonchev–Trinajstić information content (AvgIpc) is 2.54. The van der Waals surface area contributed by atoms with E-state index < -0.39 is 0 Å². The summed E-state index contributed by atoms with van der Waals surface area (Å²) in [5.41, 5.74) is 1.25. The molecule has 1 amide bonds. The molecule has 118 valence electrons. The highest BCUT2D eigenvalue weighted by molar-refractivity contribution is 5.76. The molecule has 0 N–H and O–H groups in total. The van der Waals surface area contributed by atoms with Gasteiger partial charge in [0.1, 0.15) is 0 Å². The molecule has 0 fully saturated rings. The minimum atomic E-state index is 0.302. The van der Waals surface area contributed by atoms with Gasteiger partial charge in [-0.25, -0.2) is 0 Å². The highest BCUT2D eigenvalue weighted by Crippen LogP contribution is 2.15. The van der Waals surface area contributed by atoms with Gasteiger partial charge in [0.05, 0.1) is 0 Å². The van der Waals surface area contributed by atoms with E-state index >= 15 is 0 Å². The number of carbonyl (C=O) groups excluding carboxylic acids is 1. The summed E-state index contributed by atoms with van der Waals surface area (Å²) >= 11 is 0. The summed E-state index contributed by atoms with van der Waals surface area (Å²) < 4.78 is 0. The van der Waals surface area contributed by atoms with Gasteiger partial charge in [0, 0.05) is 19.5 Å². The van der Waals surface area contributed by atoms with Crippen LogP contribution in [0.15, 0.2) is 30.3 Å². The smallest absolute Gasteiger partial charge is 0.222 e. The normalized spacial score (nSPS) is 12.1. The lowest BCUT2D eigenvalue weighted by molar-refractivity contribution is -0.131. The van der Waals surface area contributed by atoms with Crippen molar-refractivity contribution in [1.29, 1.82) is 0 Å². The van der Waals surface area contributed by atoms with Crippen molar-refractivity contribution >= 4 is 5.91 Å². The van der Waals surface area contributed by atoms with Gasteiger partial charge < -0.3 is 4.90 Å². The van der Waals surface area contributed by atoms with Gasteiger partial charge in [-0.2, -0.15) is 0 Å². The first kappa shape index (κ1) is 17.7. The fraction of sp³-hybridized carbons (Fsp3) is 0.632. The SMILES string of the molecule is CCCCC(CC)CN(CC)C(=O)CCc1ccccc1. The number of unbranched alkanes of at least 4 members (excludes halogenated alkanes) is 1. The van der Waals surface area contributed by atoms with E-state index in [4.69, 9.17) is 0 Å². The van der Waals surface area contributed by atoms with Gasteiger partial charge in [-0.3, -0.25) is 4.79 Å². The van der Waals surface area contributed by atoms with E-state index in [-0.39, 0.29) is 0 Å². The molecule has 2 heteroatoms. The van der Waals surface area contributed by atoms with Crippen LogP contribution in [0.2, 0.25) is 0 Å². The van der Waals surface area contributed by atoms with Crippen LogP contribution in [-0.4, -0.2) is 23.9 Å². The maximum atomic E-state index is 12.4. The summed E-state index contributed by atoms with van der Waals surface area (Å²) in [6, 6.07) is 10.3. The van der Waals surface area contributed by atoms with E-state index in [1.807, 2.05) is 23.1 Å². The number of benzene rings is 1. The maximum Gasteiger partial charge on any atom is 0.222 e. The van der Waals surface area contributed by atoms with E-state index in [0.717, 1.165) is 19.5 Å². The van der Waals surface area contributed by atoms with Crippen molar-refractivity contribution in [2.45, 2.75) is 59.3 Å². The third-order valence-corrected chi connectivity index (χ3v) is 4.23. The molecule has 0 spiro atoms. The van der Waals surface area contributed by atoms with Crippen LogP contribution in [-0.2, 0) is 11.2 Å². The lowest BCUT2D eigenvalue weighted by Gasteiger charge is -2.26. The Morgan fingerprint density at radius 1 is 1.14 bits per heavy atom. The third kappa shape index (κ3) is 6.79. The van der Waals surface area contributed by atoms with Crippen LogP contribution in [0.25, 0.3) is 0 Å². The summed E-state index contributed by atoms with van der Waals surface area (Å²) in [4.78, 5) is 14.4. The Labute approximate surface area is 130 Å². The molecule has 2 nitrogen and oxygen atoms in total. The van der Waals surface area contributed by atoms with E-state index in [2.05, 4.69) is 32.9 Å². The molecule has 1 atom stereocenters. The van der Waals surface area contributed by atoms with Crippen LogP contribution >= 0.6 is 0 Å². The van der Waals surface area contributed by atoms with Crippen molar-refractivity contribution < 1.29 is 4.79 Å². The quantitative estimate of drug-likeness (QED) is 0.612. The first-order valence-electron chi connectivity index (χ1n) is 8.52. The predicted molar refractivity (Wildman–Crippen MR) is 90.3 cm³/mol. The summed E-state index contributed by atoms with van der Waals surface area (Å²) in [6.07, 6.45) is 6.40. The molecule has 0 saturated heterocycles. The monoisotopic (exact) mass is 289 g/mol. The molecule has 1 unspecified atom stereocenters. The maximum absolute atomic E-state index is 12.4. The van der Waals surface area contributed by atoms with Gasteiger partial charge >= 0.3 is 0 Å². The number of hydrogen-bond donors (Lipinski definition) is 0. The zero-order chi connectivity index (χ0) is 15.5. The molecule has 0 bridgehead atoms. The van der Waals surface area contributed by atoms with Crippen molar-refractivity contribution in [1.82, 2.24) is 4.90 Å². The van der Waals surface area contributed by atoms with Crippen LogP contribution < -0.4 is 0 Å². The molecule has 0 aromatic heterocycles. The predicted octanol–water partition coefficient (Wildman–Crippen LogP) is 4.68. The van der Waals surface area contributed by atoms with Crippen molar-refractivity contribution in [3.63, 3.8) is 0 Å². The fourth-order valence-corrected chi connectivity index (χ4v) is 2.69. The number of aryl methyl sites for hydroxylation is 1. The molecule has 1 aromatic carbocycles. The largest absolute Gasteiger partial charge is 0.343 e.